The number of aromatic nitrogens is 3. The summed E-state index contributed by atoms with van der Waals surface area (Å²) in [5.74, 6) is 0.537. The highest BCUT2D eigenvalue weighted by molar-refractivity contribution is 6.34. The number of hydrogen-bond acceptors (Lipinski definition) is 11. The molecule has 0 aliphatic carbocycles. The van der Waals surface area contributed by atoms with E-state index in [1.165, 1.54) is 19.1 Å². The number of pyridine rings is 1. The van der Waals surface area contributed by atoms with Gasteiger partial charge in [0.05, 0.1) is 53.7 Å². The van der Waals surface area contributed by atoms with Crippen molar-refractivity contribution in [1.29, 1.82) is 0 Å². The van der Waals surface area contributed by atoms with Crippen molar-refractivity contribution in [2.75, 3.05) is 56.9 Å². The standard InChI is InChI=1S/C51H57ClF5N7O5/c1-30-22-40(61(25-31-8-14-36(66-5)15-9-31)26-32-10-16-37(67-6)17-11-32)58-45(42(30)51(55,56)57)41-39(52)23-38-44(43(41)54)59-47(68-29-50-19-7-21-63(50)33(24-53)18-20-50)60-46(38)62-27-34-12-13-35(28-62)64(34)48(65)69-49(2,3)4/h8-11,14-17,22-23,33-35H,7,12-13,18-21,24-29H2,1-6H3. The first-order valence-corrected chi connectivity index (χ1v) is 23.8. The largest absolute Gasteiger partial charge is 0.497 e. The van der Waals surface area contributed by atoms with E-state index < -0.39 is 52.7 Å². The van der Waals surface area contributed by atoms with E-state index >= 15 is 17.6 Å². The number of methoxy groups -OCH3 is 2. The molecule has 0 saturated carbocycles. The monoisotopic (exact) mass is 977 g/mol. The van der Waals surface area contributed by atoms with Gasteiger partial charge < -0.3 is 28.7 Å². The molecule has 18 heteroatoms. The van der Waals surface area contributed by atoms with Crippen LogP contribution in [0.4, 0.5) is 38.4 Å². The molecule has 3 aromatic carbocycles. The van der Waals surface area contributed by atoms with E-state index in [2.05, 4.69) is 14.9 Å². The van der Waals surface area contributed by atoms with Crippen molar-refractivity contribution >= 4 is 40.2 Å². The Morgan fingerprint density at radius 2 is 1.51 bits per heavy atom. The van der Waals surface area contributed by atoms with Gasteiger partial charge in [-0.15, -0.1) is 0 Å². The minimum atomic E-state index is -4.98. The maximum Gasteiger partial charge on any atom is 0.418 e. The number of carbonyl (C=O) groups is 1. The summed E-state index contributed by atoms with van der Waals surface area (Å²) in [6, 6.07) is 16.4. The molecule has 4 aliphatic heterocycles. The normalized spacial score (nSPS) is 21.5. The quantitative estimate of drug-likeness (QED) is 0.105. The highest BCUT2D eigenvalue weighted by atomic mass is 35.5. The lowest BCUT2D eigenvalue weighted by atomic mass is 9.95. The number of alkyl halides is 4. The van der Waals surface area contributed by atoms with Crippen molar-refractivity contribution in [2.45, 2.75) is 115 Å². The Balaban J connectivity index is 1.17. The molecule has 368 valence electrons. The number of hydrogen-bond donors (Lipinski definition) is 0. The summed E-state index contributed by atoms with van der Waals surface area (Å²) in [5, 5.41) is -0.177. The summed E-state index contributed by atoms with van der Waals surface area (Å²) in [4.78, 5) is 35.3. The topological polar surface area (TPSA) is 106 Å². The first-order chi connectivity index (χ1) is 32.9. The number of rotatable bonds is 13. The zero-order chi connectivity index (χ0) is 49.0. The van der Waals surface area contributed by atoms with Gasteiger partial charge in [0.15, 0.2) is 5.82 Å². The van der Waals surface area contributed by atoms with Gasteiger partial charge in [0.25, 0.3) is 0 Å². The summed E-state index contributed by atoms with van der Waals surface area (Å²) >= 11 is 7.05. The number of anilines is 2. The molecule has 9 rings (SSSR count). The van der Waals surface area contributed by atoms with Crippen LogP contribution in [0.5, 0.6) is 17.5 Å². The third kappa shape index (κ3) is 9.65. The lowest BCUT2D eigenvalue weighted by molar-refractivity contribution is -0.137. The minimum absolute atomic E-state index is 0.105. The van der Waals surface area contributed by atoms with Crippen LogP contribution in [0.1, 0.15) is 81.5 Å². The van der Waals surface area contributed by atoms with Crippen LogP contribution in [0, 0.1) is 12.7 Å². The molecule has 2 aromatic heterocycles. The molecule has 4 unspecified atom stereocenters. The lowest BCUT2D eigenvalue weighted by Gasteiger charge is -2.42. The van der Waals surface area contributed by atoms with Gasteiger partial charge in [0, 0.05) is 37.6 Å². The van der Waals surface area contributed by atoms with Crippen LogP contribution in [-0.2, 0) is 24.0 Å². The van der Waals surface area contributed by atoms with Crippen molar-refractivity contribution in [1.82, 2.24) is 24.8 Å². The van der Waals surface area contributed by atoms with Crippen LogP contribution in [0.15, 0.2) is 60.7 Å². The molecule has 0 spiro atoms. The molecule has 5 aromatic rings. The second-order valence-corrected chi connectivity index (χ2v) is 20.1. The van der Waals surface area contributed by atoms with E-state index in [-0.39, 0.29) is 77.0 Å². The summed E-state index contributed by atoms with van der Waals surface area (Å²) in [7, 11) is 3.11. The van der Waals surface area contributed by atoms with Crippen LogP contribution in [0.25, 0.3) is 22.2 Å². The minimum Gasteiger partial charge on any atom is -0.497 e. The predicted molar refractivity (Wildman–Crippen MR) is 254 cm³/mol. The Labute approximate surface area is 403 Å². The first kappa shape index (κ1) is 48.3. The van der Waals surface area contributed by atoms with Crippen LogP contribution in [0.3, 0.4) is 0 Å². The van der Waals surface area contributed by atoms with E-state index in [0.717, 1.165) is 24.0 Å². The second-order valence-electron chi connectivity index (χ2n) is 19.7. The maximum absolute atomic E-state index is 17.9. The summed E-state index contributed by atoms with van der Waals surface area (Å²) < 4.78 is 101. The van der Waals surface area contributed by atoms with E-state index in [0.29, 0.717) is 56.8 Å². The van der Waals surface area contributed by atoms with E-state index in [9.17, 15) is 9.18 Å². The number of aryl methyl sites for hydroxylation is 1. The Bertz CT molecular complexity index is 2640. The van der Waals surface area contributed by atoms with Crippen molar-refractivity contribution in [2.24, 2.45) is 0 Å². The molecular formula is C51H57ClF5N7O5. The molecule has 0 N–H and O–H groups in total. The summed E-state index contributed by atoms with van der Waals surface area (Å²) in [5.41, 5.74) is -2.48. The second kappa shape index (κ2) is 18.9. The lowest BCUT2D eigenvalue weighted by Crippen LogP contribution is -2.57. The molecular weight excluding hydrogens is 921 g/mol. The molecule has 4 fully saturated rings. The van der Waals surface area contributed by atoms with Gasteiger partial charge in [-0.25, -0.2) is 18.6 Å². The highest BCUT2D eigenvalue weighted by Gasteiger charge is 2.50. The number of amides is 1. The third-order valence-corrected chi connectivity index (χ3v) is 14.3. The molecule has 69 heavy (non-hydrogen) atoms. The molecule has 6 heterocycles. The number of halogens is 6. The Morgan fingerprint density at radius 1 is 0.884 bits per heavy atom. The average molecular weight is 979 g/mol. The van der Waals surface area contributed by atoms with Crippen molar-refractivity contribution in [3.05, 3.63) is 93.8 Å². The van der Waals surface area contributed by atoms with Gasteiger partial charge in [-0.2, -0.15) is 23.1 Å². The molecule has 4 saturated heterocycles. The SMILES string of the molecule is COc1ccc(CN(Cc2ccc(OC)cc2)c2cc(C)c(C(F)(F)F)c(-c3c(Cl)cc4c(N5CC6CCC(C5)N6C(=O)OC(C)(C)C)nc(OCC56CCCN5C(CF)CC6)nc4c3F)n2)cc1. The van der Waals surface area contributed by atoms with Crippen LogP contribution < -0.4 is 24.0 Å². The molecule has 4 aliphatic rings. The molecule has 1 amide bonds. The van der Waals surface area contributed by atoms with Gasteiger partial charge in [-0.1, -0.05) is 35.9 Å². The Morgan fingerprint density at radius 3 is 2.07 bits per heavy atom. The number of nitrogens with zero attached hydrogens (tertiary/aromatic N) is 7. The smallest absolute Gasteiger partial charge is 0.418 e. The fourth-order valence-electron chi connectivity index (χ4n) is 10.8. The zero-order valence-electron chi connectivity index (χ0n) is 39.6. The van der Waals surface area contributed by atoms with Crippen LogP contribution in [0.2, 0.25) is 5.02 Å². The fraction of sp³-hybridized carbons (Fsp3) is 0.490. The third-order valence-electron chi connectivity index (χ3n) is 14.0. The first-order valence-electron chi connectivity index (χ1n) is 23.4. The Kier molecular flexibility index (Phi) is 13.2. The highest BCUT2D eigenvalue weighted by Crippen LogP contribution is 2.47. The van der Waals surface area contributed by atoms with E-state index in [1.54, 1.807) is 43.4 Å². The number of benzene rings is 3. The van der Waals surface area contributed by atoms with Gasteiger partial charge >= 0.3 is 18.3 Å². The number of ether oxygens (including phenoxy) is 4. The van der Waals surface area contributed by atoms with Crippen molar-refractivity contribution in [3.8, 4) is 28.8 Å². The van der Waals surface area contributed by atoms with Gasteiger partial charge in [0.2, 0.25) is 0 Å². The summed E-state index contributed by atoms with van der Waals surface area (Å²) in [6.07, 6.45) is -1.04. The molecule has 4 atom stereocenters. The van der Waals surface area contributed by atoms with Gasteiger partial charge in [-0.05, 0) is 126 Å². The molecule has 0 radical (unpaired) electrons. The maximum atomic E-state index is 17.9. The molecule has 2 bridgehead atoms. The van der Waals surface area contributed by atoms with Crippen LogP contribution >= 0.6 is 11.6 Å². The van der Waals surface area contributed by atoms with Gasteiger partial charge in [0.1, 0.15) is 47.5 Å². The summed E-state index contributed by atoms with van der Waals surface area (Å²) in [6.45, 7) is 8.12. The van der Waals surface area contributed by atoms with Crippen LogP contribution in [-0.4, -0.2) is 107 Å². The predicted octanol–water partition coefficient (Wildman–Crippen LogP) is 11.0. The van der Waals surface area contributed by atoms with Gasteiger partial charge in [-0.3, -0.25) is 9.80 Å². The fourth-order valence-corrected chi connectivity index (χ4v) is 11.1. The Hall–Kier alpha value is -5.68. The van der Waals surface area contributed by atoms with E-state index in [4.69, 9.17) is 35.5 Å². The van der Waals surface area contributed by atoms with Crippen molar-refractivity contribution in [3.63, 3.8) is 0 Å². The molecule has 12 nitrogen and oxygen atoms in total. The number of fused-ring (bicyclic) bond motifs is 4. The number of piperazine rings is 1. The van der Waals surface area contributed by atoms with Crippen molar-refractivity contribution < 1.29 is 45.7 Å². The average Bonchev–Trinajstić information content (AvgIpc) is 3.96. The van der Waals surface area contributed by atoms with E-state index in [1.807, 2.05) is 54.8 Å². The number of carbonyl (C=O) groups excluding carboxylic acids is 1. The zero-order valence-corrected chi connectivity index (χ0v) is 40.4.